The molecule has 0 fully saturated rings. The van der Waals surface area contributed by atoms with E-state index in [1.54, 1.807) is 24.4 Å². The van der Waals surface area contributed by atoms with Crippen molar-refractivity contribution in [2.24, 2.45) is 0 Å². The standard InChI is InChI=1S/C20H15F3N2O4S2/c1-29-17-10-9-15(31(27,28)20(21,22)23)12-16(17)25-19(26)13-5-7-14(8-6-13)30-18-4-2-3-11-24-18/h2-12H,1H3,(H,25,26). The van der Waals surface area contributed by atoms with Gasteiger partial charge in [-0.15, -0.1) is 0 Å². The number of rotatable bonds is 6. The minimum absolute atomic E-state index is 0.0109. The highest BCUT2D eigenvalue weighted by atomic mass is 32.2. The van der Waals surface area contributed by atoms with Crippen LogP contribution in [-0.4, -0.2) is 31.9 Å². The number of halogens is 3. The zero-order chi connectivity index (χ0) is 22.6. The Balaban J connectivity index is 1.81. The number of methoxy groups -OCH3 is 1. The van der Waals surface area contributed by atoms with Crippen LogP contribution in [0.3, 0.4) is 0 Å². The molecular weight excluding hydrogens is 453 g/mol. The Morgan fingerprint density at radius 1 is 1.06 bits per heavy atom. The van der Waals surface area contributed by atoms with Crippen LogP contribution in [0.1, 0.15) is 10.4 Å². The number of hydrogen-bond acceptors (Lipinski definition) is 6. The number of sulfone groups is 1. The maximum atomic E-state index is 12.8. The second-order valence-corrected chi connectivity index (χ2v) is 9.09. The van der Waals surface area contributed by atoms with Gasteiger partial charge >= 0.3 is 5.51 Å². The lowest BCUT2D eigenvalue weighted by Gasteiger charge is -2.14. The van der Waals surface area contributed by atoms with Crippen LogP contribution >= 0.6 is 11.8 Å². The van der Waals surface area contributed by atoms with Crippen LogP contribution in [0.5, 0.6) is 5.75 Å². The van der Waals surface area contributed by atoms with E-state index in [9.17, 15) is 26.4 Å². The molecule has 0 saturated carbocycles. The molecule has 162 valence electrons. The predicted molar refractivity (Wildman–Crippen MR) is 109 cm³/mol. The largest absolute Gasteiger partial charge is 0.501 e. The highest BCUT2D eigenvalue weighted by Crippen LogP contribution is 2.35. The number of aromatic nitrogens is 1. The summed E-state index contributed by atoms with van der Waals surface area (Å²) in [5.41, 5.74) is -5.45. The van der Waals surface area contributed by atoms with Crippen molar-refractivity contribution in [1.82, 2.24) is 4.98 Å². The Labute approximate surface area is 180 Å². The van der Waals surface area contributed by atoms with E-state index in [1.165, 1.54) is 31.0 Å². The number of pyridine rings is 1. The van der Waals surface area contributed by atoms with E-state index in [4.69, 9.17) is 4.74 Å². The molecule has 31 heavy (non-hydrogen) atoms. The molecule has 0 saturated heterocycles. The second kappa shape index (κ2) is 8.98. The summed E-state index contributed by atoms with van der Waals surface area (Å²) in [6.45, 7) is 0. The highest BCUT2D eigenvalue weighted by Gasteiger charge is 2.47. The van der Waals surface area contributed by atoms with Gasteiger partial charge in [0.2, 0.25) is 0 Å². The molecule has 0 spiro atoms. The number of benzene rings is 2. The lowest BCUT2D eigenvalue weighted by Crippen LogP contribution is -2.23. The van der Waals surface area contributed by atoms with Crippen molar-refractivity contribution >= 4 is 33.2 Å². The molecule has 3 aromatic rings. The summed E-state index contributed by atoms with van der Waals surface area (Å²) in [6.07, 6.45) is 1.66. The van der Waals surface area contributed by atoms with Crippen molar-refractivity contribution in [2.45, 2.75) is 20.3 Å². The number of alkyl halides is 3. The van der Waals surface area contributed by atoms with Crippen molar-refractivity contribution in [1.29, 1.82) is 0 Å². The van der Waals surface area contributed by atoms with Gasteiger partial charge in [-0.25, -0.2) is 13.4 Å². The lowest BCUT2D eigenvalue weighted by atomic mass is 10.2. The predicted octanol–water partition coefficient (Wildman–Crippen LogP) is 4.79. The Morgan fingerprint density at radius 2 is 1.77 bits per heavy atom. The van der Waals surface area contributed by atoms with E-state index >= 15 is 0 Å². The normalized spacial score (nSPS) is 11.7. The molecule has 0 bridgehead atoms. The van der Waals surface area contributed by atoms with Crippen LogP contribution in [0, 0.1) is 0 Å². The average molecular weight is 468 g/mol. The molecule has 0 aliphatic carbocycles. The van der Waals surface area contributed by atoms with E-state index in [0.717, 1.165) is 22.1 Å². The number of hydrogen-bond donors (Lipinski definition) is 1. The fourth-order valence-electron chi connectivity index (χ4n) is 2.48. The van der Waals surface area contributed by atoms with Crippen molar-refractivity contribution in [3.63, 3.8) is 0 Å². The molecule has 3 rings (SSSR count). The number of amides is 1. The van der Waals surface area contributed by atoms with Gasteiger partial charge in [-0.2, -0.15) is 13.2 Å². The number of nitrogens with one attached hydrogen (secondary N) is 1. The van der Waals surface area contributed by atoms with E-state index in [-0.39, 0.29) is 17.0 Å². The molecule has 1 heterocycles. The first kappa shape index (κ1) is 22.6. The molecule has 1 aromatic heterocycles. The SMILES string of the molecule is COc1ccc(S(=O)(=O)C(F)(F)F)cc1NC(=O)c1ccc(Sc2ccccn2)cc1. The van der Waals surface area contributed by atoms with Gasteiger partial charge in [0.1, 0.15) is 10.8 Å². The van der Waals surface area contributed by atoms with Gasteiger partial charge in [-0.3, -0.25) is 4.79 Å². The molecule has 1 amide bonds. The maximum absolute atomic E-state index is 12.8. The Hall–Kier alpha value is -3.05. The first-order valence-electron chi connectivity index (χ1n) is 8.61. The summed E-state index contributed by atoms with van der Waals surface area (Å²) in [6, 6.07) is 14.4. The second-order valence-electron chi connectivity index (χ2n) is 6.06. The third-order valence-corrected chi connectivity index (χ3v) is 6.45. The summed E-state index contributed by atoms with van der Waals surface area (Å²) in [5, 5.41) is 3.17. The van der Waals surface area contributed by atoms with Crippen LogP contribution in [0.2, 0.25) is 0 Å². The van der Waals surface area contributed by atoms with Crippen LogP contribution in [0.4, 0.5) is 18.9 Å². The third-order valence-electron chi connectivity index (χ3n) is 4.01. The van der Waals surface area contributed by atoms with E-state index in [0.29, 0.717) is 6.07 Å². The molecular formula is C20H15F3N2O4S2. The molecule has 1 N–H and O–H groups in total. The molecule has 11 heteroatoms. The van der Waals surface area contributed by atoms with Crippen molar-refractivity contribution in [3.8, 4) is 5.75 Å². The van der Waals surface area contributed by atoms with Gasteiger partial charge in [-0.05, 0) is 54.6 Å². The zero-order valence-electron chi connectivity index (χ0n) is 15.9. The molecule has 0 aliphatic heterocycles. The van der Waals surface area contributed by atoms with Crippen LogP contribution in [0.25, 0.3) is 0 Å². The number of nitrogens with zero attached hydrogens (tertiary/aromatic N) is 1. The number of anilines is 1. The molecule has 0 unspecified atom stereocenters. The minimum atomic E-state index is -5.58. The van der Waals surface area contributed by atoms with Gasteiger partial charge in [0, 0.05) is 16.7 Å². The topological polar surface area (TPSA) is 85.4 Å². The van der Waals surface area contributed by atoms with Gasteiger partial charge < -0.3 is 10.1 Å². The monoisotopic (exact) mass is 468 g/mol. The Kier molecular flexibility index (Phi) is 6.56. The molecule has 0 aliphatic rings. The van der Waals surface area contributed by atoms with Crippen molar-refractivity contribution in [2.75, 3.05) is 12.4 Å². The quantitative estimate of drug-likeness (QED) is 0.560. The Morgan fingerprint density at radius 3 is 2.35 bits per heavy atom. The summed E-state index contributed by atoms with van der Waals surface area (Å²) >= 11 is 1.39. The molecule has 0 atom stereocenters. The molecule has 6 nitrogen and oxygen atoms in total. The summed E-state index contributed by atoms with van der Waals surface area (Å²) in [4.78, 5) is 16.6. The number of carbonyl (C=O) groups is 1. The maximum Gasteiger partial charge on any atom is 0.501 e. The number of ether oxygens (including phenoxy) is 1. The first-order chi connectivity index (χ1) is 14.6. The minimum Gasteiger partial charge on any atom is -0.495 e. The average Bonchev–Trinajstić information content (AvgIpc) is 2.74. The van der Waals surface area contributed by atoms with Crippen LogP contribution < -0.4 is 10.1 Å². The fraction of sp³-hybridized carbons (Fsp3) is 0.100. The zero-order valence-corrected chi connectivity index (χ0v) is 17.5. The summed E-state index contributed by atoms with van der Waals surface area (Å²) < 4.78 is 66.9. The third kappa shape index (κ3) is 5.17. The van der Waals surface area contributed by atoms with Gasteiger partial charge in [0.25, 0.3) is 15.7 Å². The first-order valence-corrected chi connectivity index (χ1v) is 10.9. The highest BCUT2D eigenvalue weighted by molar-refractivity contribution is 7.99. The van der Waals surface area contributed by atoms with Gasteiger partial charge in [0.15, 0.2) is 0 Å². The van der Waals surface area contributed by atoms with Gasteiger partial charge in [0.05, 0.1) is 17.7 Å². The summed E-state index contributed by atoms with van der Waals surface area (Å²) in [5.74, 6) is -0.633. The molecule has 2 aromatic carbocycles. The fourth-order valence-corrected chi connectivity index (χ4v) is 4.04. The van der Waals surface area contributed by atoms with E-state index in [2.05, 4.69) is 10.3 Å². The van der Waals surface area contributed by atoms with E-state index in [1.807, 2.05) is 12.1 Å². The summed E-state index contributed by atoms with van der Waals surface area (Å²) in [7, 11) is -4.33. The van der Waals surface area contributed by atoms with Crippen molar-refractivity contribution < 1.29 is 31.1 Å². The van der Waals surface area contributed by atoms with Gasteiger partial charge in [-0.1, -0.05) is 17.8 Å². The van der Waals surface area contributed by atoms with Crippen LogP contribution in [-0.2, 0) is 9.84 Å². The van der Waals surface area contributed by atoms with E-state index < -0.39 is 26.1 Å². The molecule has 0 radical (unpaired) electrons. The smallest absolute Gasteiger partial charge is 0.495 e. The number of carbonyl (C=O) groups excluding carboxylic acids is 1. The van der Waals surface area contributed by atoms with Crippen molar-refractivity contribution in [3.05, 3.63) is 72.4 Å². The van der Waals surface area contributed by atoms with Crippen LogP contribution in [0.15, 0.2) is 81.7 Å². The lowest BCUT2D eigenvalue weighted by molar-refractivity contribution is -0.0436. The Bertz CT molecular complexity index is 1180.